The van der Waals surface area contributed by atoms with Crippen molar-refractivity contribution < 1.29 is 4.79 Å². The minimum absolute atomic E-state index is 0.227. The Hall–Kier alpha value is -1.99. The number of amides is 1. The molecule has 0 radical (unpaired) electrons. The summed E-state index contributed by atoms with van der Waals surface area (Å²) in [7, 11) is 0. The van der Waals surface area contributed by atoms with Crippen molar-refractivity contribution in [2.45, 2.75) is 6.42 Å². The van der Waals surface area contributed by atoms with Gasteiger partial charge in [-0.05, 0) is 36.4 Å². The largest absolute Gasteiger partial charge is 0.368 e. The Balaban J connectivity index is 1.29. The first-order chi connectivity index (χ1) is 13.2. The van der Waals surface area contributed by atoms with E-state index in [1.54, 1.807) is 30.2 Å². The summed E-state index contributed by atoms with van der Waals surface area (Å²) in [5.41, 5.74) is 1.12. The molecule has 8 heteroatoms. The van der Waals surface area contributed by atoms with Crippen molar-refractivity contribution in [2.75, 3.05) is 54.4 Å². The SMILES string of the molecule is O=C(CSCCCNc1ncccn1)N1CCN(c2cccc(Cl)c2)CC1. The van der Waals surface area contributed by atoms with Gasteiger partial charge in [-0.15, -0.1) is 0 Å². The van der Waals surface area contributed by atoms with Crippen molar-refractivity contribution >= 4 is 40.9 Å². The number of halogens is 1. The van der Waals surface area contributed by atoms with Crippen molar-refractivity contribution in [3.8, 4) is 0 Å². The molecular formula is C19H24ClN5OS. The zero-order valence-corrected chi connectivity index (χ0v) is 16.8. The highest BCUT2D eigenvalue weighted by Crippen LogP contribution is 2.21. The highest BCUT2D eigenvalue weighted by atomic mass is 35.5. The minimum Gasteiger partial charge on any atom is -0.368 e. The van der Waals surface area contributed by atoms with Gasteiger partial charge in [-0.3, -0.25) is 4.79 Å². The molecule has 1 aromatic carbocycles. The molecule has 0 spiro atoms. The fourth-order valence-electron chi connectivity index (χ4n) is 2.90. The van der Waals surface area contributed by atoms with E-state index in [0.717, 1.165) is 55.6 Å². The van der Waals surface area contributed by atoms with E-state index in [1.807, 2.05) is 23.1 Å². The molecule has 1 aromatic heterocycles. The van der Waals surface area contributed by atoms with Gasteiger partial charge in [-0.2, -0.15) is 11.8 Å². The van der Waals surface area contributed by atoms with Crippen molar-refractivity contribution in [2.24, 2.45) is 0 Å². The maximum atomic E-state index is 12.4. The van der Waals surface area contributed by atoms with E-state index in [0.29, 0.717) is 11.7 Å². The van der Waals surface area contributed by atoms with Gasteiger partial charge in [-0.1, -0.05) is 17.7 Å². The number of nitrogens with one attached hydrogen (secondary N) is 1. The lowest BCUT2D eigenvalue weighted by molar-refractivity contribution is -0.128. The van der Waals surface area contributed by atoms with E-state index in [2.05, 4.69) is 26.3 Å². The minimum atomic E-state index is 0.227. The predicted molar refractivity (Wildman–Crippen MR) is 113 cm³/mol. The standard InChI is InChI=1S/C19H24ClN5OS/c20-16-4-1-5-17(14-16)24-9-11-25(12-10-24)18(26)15-27-13-3-8-23-19-21-6-2-7-22-19/h1-2,4-7,14H,3,8-13,15H2,(H,21,22,23). The summed E-state index contributed by atoms with van der Waals surface area (Å²) in [5, 5.41) is 3.92. The van der Waals surface area contributed by atoms with Crippen LogP contribution < -0.4 is 10.2 Å². The van der Waals surface area contributed by atoms with Crippen LogP contribution in [0.5, 0.6) is 0 Å². The fraction of sp³-hybridized carbons (Fsp3) is 0.421. The molecule has 1 amide bonds. The average Bonchev–Trinajstić information content (AvgIpc) is 2.71. The van der Waals surface area contributed by atoms with Gasteiger partial charge in [0.2, 0.25) is 11.9 Å². The Bertz CT molecular complexity index is 725. The third-order valence-electron chi connectivity index (χ3n) is 4.35. The summed E-state index contributed by atoms with van der Waals surface area (Å²) in [6, 6.07) is 9.67. The Morgan fingerprint density at radius 2 is 1.93 bits per heavy atom. The van der Waals surface area contributed by atoms with Gasteiger partial charge >= 0.3 is 0 Å². The Morgan fingerprint density at radius 1 is 1.15 bits per heavy atom. The molecule has 1 aliphatic heterocycles. The maximum Gasteiger partial charge on any atom is 0.232 e. The quantitative estimate of drug-likeness (QED) is 0.681. The maximum absolute atomic E-state index is 12.4. The van der Waals surface area contributed by atoms with Gasteiger partial charge in [0.15, 0.2) is 0 Å². The third-order valence-corrected chi connectivity index (χ3v) is 5.61. The number of thioether (sulfide) groups is 1. The second kappa shape index (κ2) is 10.4. The summed E-state index contributed by atoms with van der Waals surface area (Å²) in [6.45, 7) is 4.02. The van der Waals surface area contributed by atoms with Crippen LogP contribution in [-0.2, 0) is 4.79 Å². The van der Waals surface area contributed by atoms with Crippen molar-refractivity contribution in [1.82, 2.24) is 14.9 Å². The molecule has 0 saturated carbocycles. The first kappa shape index (κ1) is 19.8. The van der Waals surface area contributed by atoms with Crippen LogP contribution in [0.25, 0.3) is 0 Å². The molecule has 2 heterocycles. The van der Waals surface area contributed by atoms with Crippen LogP contribution in [0, 0.1) is 0 Å². The van der Waals surface area contributed by atoms with Crippen molar-refractivity contribution in [3.63, 3.8) is 0 Å². The second-order valence-corrected chi connectivity index (χ2v) is 7.79. The van der Waals surface area contributed by atoms with E-state index in [1.165, 1.54) is 0 Å². The number of carbonyl (C=O) groups is 1. The van der Waals surface area contributed by atoms with Gasteiger partial charge in [0.1, 0.15) is 0 Å². The fourth-order valence-corrected chi connectivity index (χ4v) is 3.94. The molecule has 27 heavy (non-hydrogen) atoms. The van der Waals surface area contributed by atoms with Crippen LogP contribution in [-0.4, -0.2) is 65.0 Å². The lowest BCUT2D eigenvalue weighted by atomic mass is 10.2. The molecular weight excluding hydrogens is 382 g/mol. The van der Waals surface area contributed by atoms with E-state index in [9.17, 15) is 4.79 Å². The number of carbonyl (C=O) groups excluding carboxylic acids is 1. The highest BCUT2D eigenvalue weighted by molar-refractivity contribution is 7.99. The molecule has 144 valence electrons. The Labute approximate surface area is 169 Å². The molecule has 2 aromatic rings. The van der Waals surface area contributed by atoms with Crippen molar-refractivity contribution in [1.29, 1.82) is 0 Å². The lowest BCUT2D eigenvalue weighted by Crippen LogP contribution is -2.49. The number of hydrogen-bond donors (Lipinski definition) is 1. The smallest absolute Gasteiger partial charge is 0.232 e. The molecule has 0 bridgehead atoms. The van der Waals surface area contributed by atoms with Gasteiger partial charge in [0.25, 0.3) is 0 Å². The highest BCUT2D eigenvalue weighted by Gasteiger charge is 2.21. The molecule has 3 rings (SSSR count). The van der Waals surface area contributed by atoms with E-state index < -0.39 is 0 Å². The van der Waals surface area contributed by atoms with Crippen LogP contribution >= 0.6 is 23.4 Å². The normalized spacial score (nSPS) is 14.3. The number of piperazine rings is 1. The Morgan fingerprint density at radius 3 is 2.67 bits per heavy atom. The summed E-state index contributed by atoms with van der Waals surface area (Å²) in [5.74, 6) is 2.36. The number of anilines is 2. The molecule has 0 aliphatic carbocycles. The summed E-state index contributed by atoms with van der Waals surface area (Å²) in [6.07, 6.45) is 4.41. The van der Waals surface area contributed by atoms with Crippen LogP contribution in [0.15, 0.2) is 42.7 Å². The first-order valence-corrected chi connectivity index (χ1v) is 10.6. The number of hydrogen-bond acceptors (Lipinski definition) is 6. The first-order valence-electron chi connectivity index (χ1n) is 9.09. The summed E-state index contributed by atoms with van der Waals surface area (Å²) in [4.78, 5) is 24.9. The zero-order valence-electron chi connectivity index (χ0n) is 15.2. The molecule has 0 unspecified atom stereocenters. The van der Waals surface area contributed by atoms with E-state index in [4.69, 9.17) is 11.6 Å². The second-order valence-electron chi connectivity index (χ2n) is 6.25. The van der Waals surface area contributed by atoms with Gasteiger partial charge in [0, 0.05) is 55.8 Å². The van der Waals surface area contributed by atoms with Crippen LogP contribution in [0.4, 0.5) is 11.6 Å². The average molecular weight is 406 g/mol. The van der Waals surface area contributed by atoms with Gasteiger partial charge in [-0.25, -0.2) is 9.97 Å². The molecule has 1 saturated heterocycles. The topological polar surface area (TPSA) is 61.4 Å². The molecule has 1 fully saturated rings. The predicted octanol–water partition coefficient (Wildman–Crippen LogP) is 3.01. The monoisotopic (exact) mass is 405 g/mol. The summed E-state index contributed by atoms with van der Waals surface area (Å²) >= 11 is 7.75. The number of nitrogens with zero attached hydrogens (tertiary/aromatic N) is 4. The Kier molecular flexibility index (Phi) is 7.59. The number of benzene rings is 1. The van der Waals surface area contributed by atoms with Crippen molar-refractivity contribution in [3.05, 3.63) is 47.7 Å². The van der Waals surface area contributed by atoms with E-state index >= 15 is 0 Å². The van der Waals surface area contributed by atoms with Crippen LogP contribution in [0.1, 0.15) is 6.42 Å². The van der Waals surface area contributed by atoms with Crippen LogP contribution in [0.2, 0.25) is 5.02 Å². The lowest BCUT2D eigenvalue weighted by Gasteiger charge is -2.36. The van der Waals surface area contributed by atoms with Gasteiger partial charge < -0.3 is 15.1 Å². The zero-order chi connectivity index (χ0) is 18.9. The molecule has 1 N–H and O–H groups in total. The number of aromatic nitrogens is 2. The number of rotatable bonds is 8. The molecule has 6 nitrogen and oxygen atoms in total. The third kappa shape index (κ3) is 6.29. The molecule has 1 aliphatic rings. The van der Waals surface area contributed by atoms with Crippen LogP contribution in [0.3, 0.4) is 0 Å². The van der Waals surface area contributed by atoms with Gasteiger partial charge in [0.05, 0.1) is 5.75 Å². The molecule has 0 atom stereocenters. The summed E-state index contributed by atoms with van der Waals surface area (Å²) < 4.78 is 0. The van der Waals surface area contributed by atoms with E-state index in [-0.39, 0.29) is 5.91 Å².